The Morgan fingerprint density at radius 1 is 1.25 bits per heavy atom. The van der Waals surface area contributed by atoms with E-state index in [0.29, 0.717) is 13.2 Å². The summed E-state index contributed by atoms with van der Waals surface area (Å²) in [5.74, 6) is -0.143. The number of rotatable bonds is 1. The Morgan fingerprint density at radius 3 is 2.30 bits per heavy atom. The second kappa shape index (κ2) is 8.97. The van der Waals surface area contributed by atoms with Gasteiger partial charge < -0.3 is 15.0 Å². The van der Waals surface area contributed by atoms with Crippen molar-refractivity contribution in [1.82, 2.24) is 5.32 Å². The van der Waals surface area contributed by atoms with E-state index in [-0.39, 0.29) is 46.2 Å². The van der Waals surface area contributed by atoms with Gasteiger partial charge in [0.05, 0.1) is 5.02 Å². The molecule has 0 saturated carbocycles. The second-order valence-corrected chi connectivity index (χ2v) is 4.77. The zero-order valence-corrected chi connectivity index (χ0v) is 14.3. The van der Waals surface area contributed by atoms with Crippen molar-refractivity contribution < 1.29 is 13.9 Å². The van der Waals surface area contributed by atoms with Gasteiger partial charge in [0.15, 0.2) is 5.78 Å². The largest absolute Gasteiger partial charge is 0.369 e. The fraction of sp³-hybridized carbons (Fsp3) is 0.462. The number of nitrogens with zero attached hydrogens (tertiary/aromatic N) is 1. The Hall–Kier alpha value is -0.170. The summed E-state index contributed by atoms with van der Waals surface area (Å²) in [5.41, 5.74) is 0.998. The van der Waals surface area contributed by atoms with Crippen molar-refractivity contribution >= 4 is 52.6 Å². The van der Waals surface area contributed by atoms with E-state index in [0.717, 1.165) is 31.9 Å². The summed E-state index contributed by atoms with van der Waals surface area (Å²) in [4.78, 5) is 12.0. The maximum atomic E-state index is 12.9. The Kier molecular flexibility index (Phi) is 8.02. The van der Waals surface area contributed by atoms with E-state index in [9.17, 15) is 9.18 Å². The Labute approximate surface area is 144 Å². The van der Waals surface area contributed by atoms with Crippen molar-refractivity contribution in [2.24, 2.45) is 0 Å². The van der Waals surface area contributed by atoms with Gasteiger partial charge in [0.1, 0.15) is 19.0 Å². The molecule has 1 aromatic carbocycles. The Bertz CT molecular complexity index is 450. The molecule has 0 amide bonds. The van der Waals surface area contributed by atoms with Gasteiger partial charge in [-0.1, -0.05) is 11.6 Å². The van der Waals surface area contributed by atoms with E-state index < -0.39 is 0 Å². The molecule has 2 fully saturated rings. The van der Waals surface area contributed by atoms with Crippen LogP contribution in [-0.2, 0) is 9.53 Å². The zero-order chi connectivity index (χ0) is 13.7. The van der Waals surface area contributed by atoms with Gasteiger partial charge in [-0.3, -0.25) is 4.79 Å². The molecule has 2 aliphatic heterocycles. The van der Waals surface area contributed by atoms with E-state index in [1.165, 1.54) is 6.07 Å². The van der Waals surface area contributed by atoms with Crippen molar-refractivity contribution in [1.29, 1.82) is 0 Å². The molecule has 2 saturated heterocycles. The average Bonchev–Trinajstić information content (AvgIpc) is 2.41. The van der Waals surface area contributed by atoms with Crippen LogP contribution in [0.3, 0.4) is 0 Å². The minimum absolute atomic E-state index is 0. The van der Waals surface area contributed by atoms with Crippen LogP contribution in [0.4, 0.5) is 10.1 Å². The molecule has 4 nitrogen and oxygen atoms in total. The number of Topliss-reactive ketones (excluding diaryl/α,β-unsaturated/α-hetero) is 1. The second-order valence-electron chi connectivity index (χ2n) is 4.37. The normalized spacial score (nSPS) is 17.5. The minimum Gasteiger partial charge on any atom is -0.369 e. The van der Waals surface area contributed by atoms with Gasteiger partial charge in [-0.05, 0) is 18.2 Å². The zero-order valence-electron chi connectivity index (χ0n) is 11.5. The molecule has 0 atom stereocenters. The predicted molar refractivity (Wildman–Crippen MR) is 78.1 cm³/mol. The van der Waals surface area contributed by atoms with Gasteiger partial charge in [-0.2, -0.15) is 0 Å². The number of nitrogens with one attached hydrogen (secondary N) is 1. The number of ether oxygens (including phenoxy) is 1. The minimum atomic E-state index is -0.356. The van der Waals surface area contributed by atoms with Crippen LogP contribution in [0.25, 0.3) is 0 Å². The monoisotopic (exact) mass is 309 g/mol. The molecule has 105 valence electrons. The van der Waals surface area contributed by atoms with Gasteiger partial charge >= 0.3 is 0 Å². The predicted octanol–water partition coefficient (Wildman–Crippen LogP) is 1.09. The summed E-state index contributed by atoms with van der Waals surface area (Å²) >= 11 is 5.72. The summed E-state index contributed by atoms with van der Waals surface area (Å²) in [7, 11) is 0. The summed E-state index contributed by atoms with van der Waals surface area (Å²) in [6.45, 7) is 4.52. The van der Waals surface area contributed by atoms with Crippen LogP contribution < -0.4 is 10.2 Å². The van der Waals surface area contributed by atoms with Crippen LogP contribution in [-0.4, -0.2) is 74.7 Å². The number of halogens is 2. The number of benzene rings is 1. The first-order valence-corrected chi connectivity index (χ1v) is 6.55. The van der Waals surface area contributed by atoms with Crippen LogP contribution >= 0.6 is 11.6 Å². The summed E-state index contributed by atoms with van der Waals surface area (Å²) in [6, 6.07) is 4.87. The quantitative estimate of drug-likeness (QED) is 0.789. The summed E-state index contributed by atoms with van der Waals surface area (Å²) in [6.07, 6.45) is 0. The number of carbonyl (C=O) groups excluding carboxylic acids is 1. The number of anilines is 1. The van der Waals surface area contributed by atoms with Crippen LogP contribution in [0.2, 0.25) is 5.02 Å². The molecule has 1 radical (unpaired) electrons. The molecule has 3 rings (SSSR count). The van der Waals surface area contributed by atoms with Crippen LogP contribution in [0.15, 0.2) is 18.2 Å². The first-order valence-electron chi connectivity index (χ1n) is 6.17. The number of hydrogen-bond donors (Lipinski definition) is 1. The van der Waals surface area contributed by atoms with Gasteiger partial charge in [0, 0.05) is 61.4 Å². The van der Waals surface area contributed by atoms with Gasteiger partial charge in [0.2, 0.25) is 0 Å². The molecule has 0 spiro atoms. The maximum Gasteiger partial charge on any atom is 0.184 e. The molecule has 2 heterocycles. The van der Waals surface area contributed by atoms with E-state index in [1.807, 2.05) is 0 Å². The van der Waals surface area contributed by atoms with E-state index in [4.69, 9.17) is 11.6 Å². The molecule has 0 aromatic heterocycles. The van der Waals surface area contributed by atoms with Crippen molar-refractivity contribution in [2.45, 2.75) is 0 Å². The molecule has 7 heteroatoms. The molecule has 1 aromatic rings. The van der Waals surface area contributed by atoms with Crippen molar-refractivity contribution in [3.8, 4) is 0 Å². The number of ketones is 1. The fourth-order valence-corrected chi connectivity index (χ4v) is 1.96. The fourth-order valence-electron chi connectivity index (χ4n) is 1.79. The number of piperazine rings is 1. The number of hydrogen-bond acceptors (Lipinski definition) is 4. The summed E-state index contributed by atoms with van der Waals surface area (Å²) < 4.78 is 17.4. The van der Waals surface area contributed by atoms with Crippen LogP contribution in [0.1, 0.15) is 0 Å². The standard InChI is InChI=1S/C10H12ClFN2.C3H4O2.Na/c11-9-7-8(1-2-10(9)12)14-5-3-13-4-6-14;4-3-1-5-2-3;/h1-2,7,13H,3-6H2;1-2H2;. The van der Waals surface area contributed by atoms with Crippen LogP contribution in [0.5, 0.6) is 0 Å². The van der Waals surface area contributed by atoms with Crippen molar-refractivity contribution in [2.75, 3.05) is 44.3 Å². The first-order chi connectivity index (χ1) is 9.16. The molecule has 1 N–H and O–H groups in total. The molecule has 0 bridgehead atoms. The maximum absolute atomic E-state index is 12.9. The van der Waals surface area contributed by atoms with Crippen molar-refractivity contribution in [3.63, 3.8) is 0 Å². The Balaban J connectivity index is 0.000000283. The smallest absolute Gasteiger partial charge is 0.184 e. The topological polar surface area (TPSA) is 41.6 Å². The van der Waals surface area contributed by atoms with Gasteiger partial charge in [-0.15, -0.1) is 0 Å². The van der Waals surface area contributed by atoms with Gasteiger partial charge in [0.25, 0.3) is 0 Å². The SMILES string of the molecule is Fc1ccc(N2CCNCC2)cc1Cl.O=C1COC1.[Na]. The van der Waals surface area contributed by atoms with E-state index >= 15 is 0 Å². The molecule has 20 heavy (non-hydrogen) atoms. The van der Waals surface area contributed by atoms with Crippen molar-refractivity contribution in [3.05, 3.63) is 29.0 Å². The van der Waals surface area contributed by atoms with E-state index in [2.05, 4.69) is 15.0 Å². The summed E-state index contributed by atoms with van der Waals surface area (Å²) in [5, 5.41) is 3.46. The van der Waals surface area contributed by atoms with Gasteiger partial charge in [-0.25, -0.2) is 4.39 Å². The molecular weight excluding hydrogens is 294 g/mol. The Morgan fingerprint density at radius 2 is 1.85 bits per heavy atom. The molecule has 0 aliphatic carbocycles. The molecule has 0 unspecified atom stereocenters. The average molecular weight is 310 g/mol. The third-order valence-electron chi connectivity index (χ3n) is 2.91. The van der Waals surface area contributed by atoms with Crippen LogP contribution in [0, 0.1) is 5.82 Å². The third-order valence-corrected chi connectivity index (χ3v) is 3.20. The third kappa shape index (κ3) is 5.31. The molecular formula is C13H16ClFN2NaO2. The molecule has 2 aliphatic rings. The van der Waals surface area contributed by atoms with E-state index in [1.54, 1.807) is 12.1 Å². The number of carbonyl (C=O) groups is 1. The first kappa shape index (κ1) is 17.9.